The lowest BCUT2D eigenvalue weighted by molar-refractivity contribution is 0.173. The van der Waals surface area contributed by atoms with E-state index in [9.17, 15) is 5.11 Å². The van der Waals surface area contributed by atoms with Gasteiger partial charge in [-0.05, 0) is 47.2 Å². The molecule has 1 aliphatic heterocycles. The minimum absolute atomic E-state index is 0.0754. The van der Waals surface area contributed by atoms with Gasteiger partial charge in [0.15, 0.2) is 23.0 Å². The van der Waals surface area contributed by atoms with E-state index in [1.165, 1.54) is 0 Å². The van der Waals surface area contributed by atoms with Gasteiger partial charge in [-0.1, -0.05) is 26.0 Å². The molecule has 5 nitrogen and oxygen atoms in total. The standard InChI is InChI=1S/C21H26O5/c1-13(11-22)14(2)21(15-5-7-17(23-3)19(9-15)24-4)16-6-8-18-20(10-16)26-12-25-18/h5-10,13-14,21-22H,11-12H2,1-4H3. The largest absolute Gasteiger partial charge is 0.493 e. The topological polar surface area (TPSA) is 57.2 Å². The SMILES string of the molecule is COc1ccc(C(c2ccc3c(c2)OCO3)C(C)C(C)CO)cc1OC. The fourth-order valence-electron chi connectivity index (χ4n) is 3.45. The van der Waals surface area contributed by atoms with Gasteiger partial charge >= 0.3 is 0 Å². The van der Waals surface area contributed by atoms with Crippen LogP contribution in [0.2, 0.25) is 0 Å². The third-order valence-electron chi connectivity index (χ3n) is 5.23. The highest BCUT2D eigenvalue weighted by atomic mass is 16.7. The van der Waals surface area contributed by atoms with Crippen LogP contribution in [0.15, 0.2) is 36.4 Å². The Bertz CT molecular complexity index is 758. The summed E-state index contributed by atoms with van der Waals surface area (Å²) in [5, 5.41) is 9.70. The van der Waals surface area contributed by atoms with E-state index in [1.807, 2.05) is 24.3 Å². The van der Waals surface area contributed by atoms with Crippen LogP contribution in [0.4, 0.5) is 0 Å². The maximum absolute atomic E-state index is 9.70. The zero-order chi connectivity index (χ0) is 18.7. The van der Waals surface area contributed by atoms with Gasteiger partial charge in [-0.15, -0.1) is 0 Å². The van der Waals surface area contributed by atoms with Crippen molar-refractivity contribution in [1.29, 1.82) is 0 Å². The Balaban J connectivity index is 2.06. The molecule has 3 rings (SSSR count). The van der Waals surface area contributed by atoms with Gasteiger partial charge in [-0.2, -0.15) is 0 Å². The zero-order valence-electron chi connectivity index (χ0n) is 15.7. The molecule has 2 aromatic carbocycles. The van der Waals surface area contributed by atoms with Gasteiger partial charge in [0, 0.05) is 12.5 Å². The number of rotatable bonds is 7. The van der Waals surface area contributed by atoms with E-state index in [2.05, 4.69) is 26.0 Å². The number of hydrogen-bond donors (Lipinski definition) is 1. The Labute approximate surface area is 154 Å². The summed E-state index contributed by atoms with van der Waals surface area (Å²) in [6, 6.07) is 12.0. The predicted molar refractivity (Wildman–Crippen MR) is 99.4 cm³/mol. The Hall–Kier alpha value is -2.40. The summed E-state index contributed by atoms with van der Waals surface area (Å²) in [7, 11) is 3.26. The highest BCUT2D eigenvalue weighted by Crippen LogP contribution is 2.42. The van der Waals surface area contributed by atoms with Gasteiger partial charge in [-0.25, -0.2) is 0 Å². The highest BCUT2D eigenvalue weighted by molar-refractivity contribution is 5.50. The van der Waals surface area contributed by atoms with Crippen molar-refractivity contribution >= 4 is 0 Å². The molecule has 0 fully saturated rings. The van der Waals surface area contributed by atoms with Gasteiger partial charge in [0.2, 0.25) is 6.79 Å². The maximum Gasteiger partial charge on any atom is 0.231 e. The van der Waals surface area contributed by atoms with Crippen molar-refractivity contribution in [3.63, 3.8) is 0 Å². The van der Waals surface area contributed by atoms with Crippen LogP contribution in [0.3, 0.4) is 0 Å². The first-order chi connectivity index (χ1) is 12.6. The molecular weight excluding hydrogens is 332 g/mol. The molecule has 0 spiro atoms. The Morgan fingerprint density at radius 1 is 0.923 bits per heavy atom. The number of hydrogen-bond acceptors (Lipinski definition) is 5. The molecule has 0 aliphatic carbocycles. The average molecular weight is 358 g/mol. The predicted octanol–water partition coefficient (Wildman–Crippen LogP) is 3.83. The Kier molecular flexibility index (Phi) is 5.57. The van der Waals surface area contributed by atoms with Crippen LogP contribution in [0.5, 0.6) is 23.0 Å². The van der Waals surface area contributed by atoms with E-state index in [-0.39, 0.29) is 31.2 Å². The molecule has 2 aromatic rings. The number of ether oxygens (including phenoxy) is 4. The molecule has 3 unspecified atom stereocenters. The summed E-state index contributed by atoms with van der Waals surface area (Å²) in [5.74, 6) is 3.34. The van der Waals surface area contributed by atoms with E-state index in [0.717, 1.165) is 22.6 Å². The van der Waals surface area contributed by atoms with Gasteiger partial charge < -0.3 is 24.1 Å². The van der Waals surface area contributed by atoms with Crippen molar-refractivity contribution in [1.82, 2.24) is 0 Å². The second-order valence-corrected chi connectivity index (χ2v) is 6.72. The lowest BCUT2D eigenvalue weighted by atomic mass is 9.76. The molecule has 0 saturated heterocycles. The molecular formula is C21H26O5. The van der Waals surface area contributed by atoms with Crippen molar-refractivity contribution in [3.05, 3.63) is 47.5 Å². The summed E-state index contributed by atoms with van der Waals surface area (Å²) in [6.07, 6.45) is 0. The molecule has 1 aliphatic rings. The van der Waals surface area contributed by atoms with Crippen molar-refractivity contribution in [2.24, 2.45) is 11.8 Å². The van der Waals surface area contributed by atoms with Crippen molar-refractivity contribution in [2.75, 3.05) is 27.6 Å². The quantitative estimate of drug-likeness (QED) is 0.815. The van der Waals surface area contributed by atoms with E-state index < -0.39 is 0 Å². The number of benzene rings is 2. The summed E-state index contributed by atoms with van der Waals surface area (Å²) in [4.78, 5) is 0. The van der Waals surface area contributed by atoms with Gasteiger partial charge in [0.1, 0.15) is 0 Å². The smallest absolute Gasteiger partial charge is 0.231 e. The number of aliphatic hydroxyl groups is 1. The van der Waals surface area contributed by atoms with E-state index in [4.69, 9.17) is 18.9 Å². The molecule has 0 radical (unpaired) electrons. The van der Waals surface area contributed by atoms with E-state index in [0.29, 0.717) is 11.5 Å². The first-order valence-electron chi connectivity index (χ1n) is 8.81. The number of aliphatic hydroxyl groups excluding tert-OH is 1. The lowest BCUT2D eigenvalue weighted by Crippen LogP contribution is -2.21. The molecule has 0 amide bonds. The molecule has 0 aromatic heterocycles. The minimum atomic E-state index is 0.0754. The summed E-state index contributed by atoms with van der Waals surface area (Å²) in [5.41, 5.74) is 2.23. The average Bonchev–Trinajstić information content (AvgIpc) is 3.15. The summed E-state index contributed by atoms with van der Waals surface area (Å²) < 4.78 is 21.8. The van der Waals surface area contributed by atoms with Gasteiger partial charge in [0.25, 0.3) is 0 Å². The van der Waals surface area contributed by atoms with Crippen molar-refractivity contribution in [3.8, 4) is 23.0 Å². The minimum Gasteiger partial charge on any atom is -0.493 e. The van der Waals surface area contributed by atoms with E-state index >= 15 is 0 Å². The number of methoxy groups -OCH3 is 2. The molecule has 140 valence electrons. The zero-order valence-corrected chi connectivity index (χ0v) is 15.7. The second kappa shape index (κ2) is 7.87. The third kappa shape index (κ3) is 3.44. The van der Waals surface area contributed by atoms with E-state index in [1.54, 1.807) is 14.2 Å². The Morgan fingerprint density at radius 2 is 1.58 bits per heavy atom. The summed E-state index contributed by atoms with van der Waals surface area (Å²) >= 11 is 0. The lowest BCUT2D eigenvalue weighted by Gasteiger charge is -2.29. The number of fused-ring (bicyclic) bond motifs is 1. The maximum atomic E-state index is 9.70. The van der Waals surface area contributed by atoms with Gasteiger partial charge in [0.05, 0.1) is 14.2 Å². The first-order valence-corrected chi connectivity index (χ1v) is 8.81. The Morgan fingerprint density at radius 3 is 2.27 bits per heavy atom. The first kappa shape index (κ1) is 18.4. The molecule has 0 saturated carbocycles. The van der Waals surface area contributed by atoms with Crippen molar-refractivity contribution in [2.45, 2.75) is 19.8 Å². The molecule has 1 heterocycles. The van der Waals surface area contributed by atoms with Crippen LogP contribution >= 0.6 is 0 Å². The molecule has 26 heavy (non-hydrogen) atoms. The molecule has 0 bridgehead atoms. The van der Waals surface area contributed by atoms with Crippen LogP contribution < -0.4 is 18.9 Å². The second-order valence-electron chi connectivity index (χ2n) is 6.72. The molecule has 5 heteroatoms. The van der Waals surface area contributed by atoms with Crippen LogP contribution in [-0.2, 0) is 0 Å². The van der Waals surface area contributed by atoms with Crippen LogP contribution in [0, 0.1) is 11.8 Å². The highest BCUT2D eigenvalue weighted by Gasteiger charge is 2.28. The fourth-order valence-corrected chi connectivity index (χ4v) is 3.45. The molecule has 3 atom stereocenters. The van der Waals surface area contributed by atoms with Crippen LogP contribution in [0.25, 0.3) is 0 Å². The van der Waals surface area contributed by atoms with Crippen molar-refractivity contribution < 1.29 is 24.1 Å². The summed E-state index contributed by atoms with van der Waals surface area (Å²) in [6.45, 7) is 4.61. The van der Waals surface area contributed by atoms with Crippen LogP contribution in [0.1, 0.15) is 30.9 Å². The van der Waals surface area contributed by atoms with Gasteiger partial charge in [-0.3, -0.25) is 0 Å². The normalized spacial score (nSPS) is 16.0. The monoisotopic (exact) mass is 358 g/mol. The third-order valence-corrected chi connectivity index (χ3v) is 5.23. The fraction of sp³-hybridized carbons (Fsp3) is 0.429. The molecule has 1 N–H and O–H groups in total. The van der Waals surface area contributed by atoms with Crippen LogP contribution in [-0.4, -0.2) is 32.7 Å².